The van der Waals surface area contributed by atoms with Gasteiger partial charge in [0.15, 0.2) is 0 Å². The molecular weight excluding hydrogens is 280 g/mol. The molecule has 3 aromatic carbocycles. The number of halogens is 1. The van der Waals surface area contributed by atoms with E-state index in [-0.39, 0.29) is 0 Å². The van der Waals surface area contributed by atoms with E-state index in [0.29, 0.717) is 5.02 Å². The molecule has 0 unspecified atom stereocenters. The van der Waals surface area contributed by atoms with Crippen molar-refractivity contribution in [1.29, 1.82) is 0 Å². The van der Waals surface area contributed by atoms with Gasteiger partial charge in [-0.3, -0.25) is 0 Å². The third-order valence-corrected chi connectivity index (χ3v) is 3.58. The summed E-state index contributed by atoms with van der Waals surface area (Å²) in [5, 5.41) is 0.700. The molecule has 0 radical (unpaired) electrons. The van der Waals surface area contributed by atoms with Crippen LogP contribution in [-0.2, 0) is 0 Å². The second kappa shape index (κ2) is 6.02. The summed E-state index contributed by atoms with van der Waals surface area (Å²) in [5.41, 5.74) is 3.18. The number of hydrogen-bond donors (Lipinski definition) is 0. The molecule has 0 N–H and O–H groups in total. The van der Waals surface area contributed by atoms with Gasteiger partial charge in [0, 0.05) is 10.6 Å². The fourth-order valence-corrected chi connectivity index (χ4v) is 2.40. The Kier molecular flexibility index (Phi) is 3.94. The van der Waals surface area contributed by atoms with Crippen LogP contribution in [0.15, 0.2) is 72.8 Å². The number of benzene rings is 3. The van der Waals surface area contributed by atoms with Crippen molar-refractivity contribution in [1.82, 2.24) is 0 Å². The van der Waals surface area contributed by atoms with Crippen molar-refractivity contribution in [2.45, 2.75) is 6.92 Å². The molecule has 2 heteroatoms. The molecule has 0 fully saturated rings. The van der Waals surface area contributed by atoms with Gasteiger partial charge in [0.1, 0.15) is 11.5 Å². The highest BCUT2D eigenvalue weighted by Crippen LogP contribution is 2.36. The van der Waals surface area contributed by atoms with Gasteiger partial charge in [-0.15, -0.1) is 0 Å². The molecule has 21 heavy (non-hydrogen) atoms. The van der Waals surface area contributed by atoms with Crippen molar-refractivity contribution >= 4 is 11.6 Å². The number of para-hydroxylation sites is 1. The molecule has 1 nitrogen and oxygen atoms in total. The third kappa shape index (κ3) is 3.09. The molecule has 0 aliphatic carbocycles. The van der Waals surface area contributed by atoms with Gasteiger partial charge in [-0.1, -0.05) is 60.1 Å². The number of hydrogen-bond acceptors (Lipinski definition) is 1. The molecule has 3 aromatic rings. The van der Waals surface area contributed by atoms with Crippen molar-refractivity contribution in [3.05, 3.63) is 83.4 Å². The molecule has 0 aliphatic heterocycles. The van der Waals surface area contributed by atoms with Gasteiger partial charge in [0.2, 0.25) is 0 Å². The Labute approximate surface area is 129 Å². The van der Waals surface area contributed by atoms with Crippen LogP contribution in [0, 0.1) is 6.92 Å². The van der Waals surface area contributed by atoms with Gasteiger partial charge >= 0.3 is 0 Å². The fraction of sp³-hybridized carbons (Fsp3) is 0.0526. The van der Waals surface area contributed by atoms with Gasteiger partial charge in [0.25, 0.3) is 0 Å². The highest BCUT2D eigenvalue weighted by Gasteiger charge is 2.09. The van der Waals surface area contributed by atoms with E-state index in [0.717, 1.165) is 28.2 Å². The first kappa shape index (κ1) is 13.7. The maximum atomic E-state index is 6.15. The van der Waals surface area contributed by atoms with E-state index in [2.05, 4.69) is 12.1 Å². The molecule has 0 aliphatic rings. The predicted molar refractivity (Wildman–Crippen MR) is 88.1 cm³/mol. The van der Waals surface area contributed by atoms with Crippen LogP contribution in [0.1, 0.15) is 5.56 Å². The monoisotopic (exact) mass is 294 g/mol. The Morgan fingerprint density at radius 2 is 1.48 bits per heavy atom. The van der Waals surface area contributed by atoms with Crippen LogP contribution in [0.4, 0.5) is 0 Å². The van der Waals surface area contributed by atoms with Crippen molar-refractivity contribution in [3.8, 4) is 22.6 Å². The minimum Gasteiger partial charge on any atom is -0.456 e. The molecule has 3 rings (SSSR count). The van der Waals surface area contributed by atoms with E-state index in [1.165, 1.54) is 0 Å². The minimum absolute atomic E-state index is 0.700. The van der Waals surface area contributed by atoms with Crippen LogP contribution < -0.4 is 4.74 Å². The fourth-order valence-electron chi connectivity index (χ4n) is 2.22. The van der Waals surface area contributed by atoms with Crippen molar-refractivity contribution in [3.63, 3.8) is 0 Å². The van der Waals surface area contributed by atoms with Crippen molar-refractivity contribution in [2.24, 2.45) is 0 Å². The second-order valence-electron chi connectivity index (χ2n) is 4.87. The quantitative estimate of drug-likeness (QED) is 0.566. The van der Waals surface area contributed by atoms with Crippen LogP contribution in [0.25, 0.3) is 11.1 Å². The molecule has 0 heterocycles. The van der Waals surface area contributed by atoms with E-state index < -0.39 is 0 Å². The SMILES string of the molecule is Cc1ccccc1Oc1ccc(Cl)cc1-c1ccccc1. The number of aryl methyl sites for hydroxylation is 1. The maximum Gasteiger partial charge on any atom is 0.135 e. The molecule has 0 saturated heterocycles. The number of rotatable bonds is 3. The Morgan fingerprint density at radius 3 is 2.24 bits per heavy atom. The summed E-state index contributed by atoms with van der Waals surface area (Å²) < 4.78 is 6.09. The summed E-state index contributed by atoms with van der Waals surface area (Å²) in [5.74, 6) is 1.66. The zero-order valence-electron chi connectivity index (χ0n) is 11.7. The largest absolute Gasteiger partial charge is 0.456 e. The standard InChI is InChI=1S/C19H15ClO/c1-14-7-5-6-10-18(14)21-19-12-11-16(20)13-17(19)15-8-3-2-4-9-15/h2-13H,1H3. The molecule has 0 amide bonds. The Bertz CT molecular complexity index is 751. The van der Waals surface area contributed by atoms with Crippen molar-refractivity contribution in [2.75, 3.05) is 0 Å². The smallest absolute Gasteiger partial charge is 0.135 e. The van der Waals surface area contributed by atoms with Crippen LogP contribution in [0.2, 0.25) is 5.02 Å². The molecule has 0 saturated carbocycles. The normalized spacial score (nSPS) is 10.4. The Hall–Kier alpha value is -2.25. The van der Waals surface area contributed by atoms with Gasteiger partial charge in [-0.2, -0.15) is 0 Å². The third-order valence-electron chi connectivity index (χ3n) is 3.34. The minimum atomic E-state index is 0.700. The van der Waals surface area contributed by atoms with Gasteiger partial charge in [0.05, 0.1) is 0 Å². The maximum absolute atomic E-state index is 6.15. The zero-order valence-corrected chi connectivity index (χ0v) is 12.5. The highest BCUT2D eigenvalue weighted by molar-refractivity contribution is 6.31. The Balaban J connectivity index is 2.05. The van der Waals surface area contributed by atoms with E-state index in [9.17, 15) is 0 Å². The second-order valence-corrected chi connectivity index (χ2v) is 5.31. The lowest BCUT2D eigenvalue weighted by Crippen LogP contribution is -1.90. The number of ether oxygens (including phenoxy) is 1. The highest BCUT2D eigenvalue weighted by atomic mass is 35.5. The lowest BCUT2D eigenvalue weighted by Gasteiger charge is -2.13. The summed E-state index contributed by atoms with van der Waals surface area (Å²) in [4.78, 5) is 0. The average Bonchev–Trinajstić information content (AvgIpc) is 2.52. The first-order valence-electron chi connectivity index (χ1n) is 6.82. The molecule has 0 atom stereocenters. The van der Waals surface area contributed by atoms with E-state index in [4.69, 9.17) is 16.3 Å². The lowest BCUT2D eigenvalue weighted by atomic mass is 10.0. The van der Waals surface area contributed by atoms with E-state index in [1.54, 1.807) is 0 Å². The van der Waals surface area contributed by atoms with Crippen molar-refractivity contribution < 1.29 is 4.74 Å². The van der Waals surface area contributed by atoms with Crippen LogP contribution >= 0.6 is 11.6 Å². The summed E-state index contributed by atoms with van der Waals surface area (Å²) in [6.45, 7) is 2.04. The molecule has 0 bridgehead atoms. The van der Waals surface area contributed by atoms with Crippen LogP contribution in [0.5, 0.6) is 11.5 Å². The first-order valence-corrected chi connectivity index (χ1v) is 7.20. The topological polar surface area (TPSA) is 9.23 Å². The summed E-state index contributed by atoms with van der Waals surface area (Å²) in [6.07, 6.45) is 0. The van der Waals surface area contributed by atoms with Gasteiger partial charge < -0.3 is 4.74 Å². The zero-order chi connectivity index (χ0) is 14.7. The summed E-state index contributed by atoms with van der Waals surface area (Å²) in [7, 11) is 0. The Morgan fingerprint density at radius 1 is 0.762 bits per heavy atom. The summed E-state index contributed by atoms with van der Waals surface area (Å²) in [6, 6.07) is 23.8. The molecule has 104 valence electrons. The van der Waals surface area contributed by atoms with Crippen LogP contribution in [-0.4, -0.2) is 0 Å². The van der Waals surface area contributed by atoms with E-state index >= 15 is 0 Å². The van der Waals surface area contributed by atoms with E-state index in [1.807, 2.05) is 67.6 Å². The lowest BCUT2D eigenvalue weighted by molar-refractivity contribution is 0.480. The van der Waals surface area contributed by atoms with Gasteiger partial charge in [-0.05, 0) is 42.3 Å². The van der Waals surface area contributed by atoms with Crippen LogP contribution in [0.3, 0.4) is 0 Å². The molecule has 0 spiro atoms. The average molecular weight is 295 g/mol. The first-order chi connectivity index (χ1) is 10.2. The predicted octanol–water partition coefficient (Wildman–Crippen LogP) is 6.11. The molecular formula is C19H15ClO. The summed E-state index contributed by atoms with van der Waals surface area (Å²) >= 11 is 6.15. The molecule has 0 aromatic heterocycles. The van der Waals surface area contributed by atoms with Gasteiger partial charge in [-0.25, -0.2) is 0 Å².